The average molecular weight is 335 g/mol. The van der Waals surface area contributed by atoms with E-state index in [0.717, 1.165) is 12.0 Å². The van der Waals surface area contributed by atoms with Crippen LogP contribution in [0.25, 0.3) is 0 Å². The molecule has 0 heterocycles. The van der Waals surface area contributed by atoms with Crippen LogP contribution in [-0.4, -0.2) is 37.5 Å². The van der Waals surface area contributed by atoms with Crippen molar-refractivity contribution >= 4 is 5.91 Å². The van der Waals surface area contributed by atoms with Gasteiger partial charge in [0.1, 0.15) is 0 Å². The molecule has 2 aromatic rings. The van der Waals surface area contributed by atoms with Crippen molar-refractivity contribution in [2.75, 3.05) is 20.6 Å². The van der Waals surface area contributed by atoms with Gasteiger partial charge in [-0.1, -0.05) is 42.5 Å². The lowest BCUT2D eigenvalue weighted by Crippen LogP contribution is -2.41. The number of benzene rings is 2. The highest BCUT2D eigenvalue weighted by Gasteiger charge is 2.13. The first-order chi connectivity index (χ1) is 12.1. The summed E-state index contributed by atoms with van der Waals surface area (Å²) in [5, 5.41) is 11.8. The summed E-state index contributed by atoms with van der Waals surface area (Å²) in [7, 11) is 4.08. The monoisotopic (exact) mass is 335 g/mol. The average Bonchev–Trinajstić information content (AvgIpc) is 2.64. The van der Waals surface area contributed by atoms with Crippen LogP contribution in [0.3, 0.4) is 0 Å². The molecule has 0 fully saturated rings. The van der Waals surface area contributed by atoms with Gasteiger partial charge in [-0.15, -0.1) is 0 Å². The fraction of sp³-hybridized carbons (Fsp3) is 0.333. The molecule has 0 aliphatic carbocycles. The van der Waals surface area contributed by atoms with Gasteiger partial charge in [0.25, 0.3) is 0 Å². The summed E-state index contributed by atoms with van der Waals surface area (Å²) in [6, 6.07) is 20.1. The molecule has 1 amide bonds. The summed E-state index contributed by atoms with van der Waals surface area (Å²) in [5.74, 6) is 0.0595. The molecule has 130 valence electrons. The van der Waals surface area contributed by atoms with Gasteiger partial charge in [0.2, 0.25) is 5.91 Å². The Morgan fingerprint density at radius 1 is 1.08 bits per heavy atom. The zero-order valence-corrected chi connectivity index (χ0v) is 14.9. The fourth-order valence-electron chi connectivity index (χ4n) is 2.65. The number of carbonyl (C=O) groups excluding carboxylic acids is 1. The molecule has 0 bridgehead atoms. The summed E-state index contributed by atoms with van der Waals surface area (Å²) in [6.07, 6.45) is 2.05. The number of hydrogen-bond donors (Lipinski definition) is 1. The zero-order chi connectivity index (χ0) is 18.1. The highest BCUT2D eigenvalue weighted by molar-refractivity contribution is 5.76. The van der Waals surface area contributed by atoms with Crippen LogP contribution in [0.2, 0.25) is 0 Å². The zero-order valence-electron chi connectivity index (χ0n) is 14.9. The van der Waals surface area contributed by atoms with E-state index in [1.54, 1.807) is 12.1 Å². The molecule has 4 heteroatoms. The van der Waals surface area contributed by atoms with Crippen LogP contribution < -0.4 is 5.32 Å². The Labute approximate surface area is 150 Å². The lowest BCUT2D eigenvalue weighted by molar-refractivity contribution is -0.121. The number of aryl methyl sites for hydroxylation is 1. The van der Waals surface area contributed by atoms with Crippen molar-refractivity contribution in [2.45, 2.75) is 25.3 Å². The molecule has 0 saturated carbocycles. The maximum atomic E-state index is 12.1. The molecule has 25 heavy (non-hydrogen) atoms. The van der Waals surface area contributed by atoms with Crippen molar-refractivity contribution in [3.05, 3.63) is 71.3 Å². The van der Waals surface area contributed by atoms with Crippen LogP contribution in [0.4, 0.5) is 0 Å². The highest BCUT2D eigenvalue weighted by Crippen LogP contribution is 2.08. The summed E-state index contributed by atoms with van der Waals surface area (Å²) < 4.78 is 0. The minimum absolute atomic E-state index is 0.0595. The Morgan fingerprint density at radius 3 is 2.36 bits per heavy atom. The minimum atomic E-state index is 0.0595. The van der Waals surface area contributed by atoms with Crippen LogP contribution in [0, 0.1) is 11.3 Å². The predicted molar refractivity (Wildman–Crippen MR) is 100 cm³/mol. The standard InChI is InChI=1S/C21H25N3O/c1-24(2)20(14-18-6-4-3-5-7-18)16-23-21(25)13-12-17-8-10-19(15-22)11-9-17/h3-11,20H,12-14,16H2,1-2H3,(H,23,25). The van der Waals surface area contributed by atoms with Gasteiger partial charge in [0, 0.05) is 19.0 Å². The second kappa shape index (κ2) is 9.61. The molecule has 1 N–H and O–H groups in total. The molecule has 0 saturated heterocycles. The maximum absolute atomic E-state index is 12.1. The van der Waals surface area contributed by atoms with Gasteiger partial charge in [-0.25, -0.2) is 0 Å². The Morgan fingerprint density at radius 2 is 1.76 bits per heavy atom. The first-order valence-electron chi connectivity index (χ1n) is 8.54. The van der Waals surface area contributed by atoms with Crippen LogP contribution >= 0.6 is 0 Å². The number of likely N-dealkylation sites (N-methyl/N-ethyl adjacent to an activating group) is 1. The van der Waals surface area contributed by atoms with Crippen LogP contribution in [-0.2, 0) is 17.6 Å². The van der Waals surface area contributed by atoms with Gasteiger partial charge in [0.05, 0.1) is 11.6 Å². The third-order valence-electron chi connectivity index (χ3n) is 4.30. The van der Waals surface area contributed by atoms with Crippen molar-refractivity contribution in [3.8, 4) is 6.07 Å². The summed E-state index contributed by atoms with van der Waals surface area (Å²) in [6.45, 7) is 0.633. The molecule has 4 nitrogen and oxygen atoms in total. The molecule has 0 aliphatic rings. The SMILES string of the molecule is CN(C)C(CNC(=O)CCc1ccc(C#N)cc1)Cc1ccccc1. The van der Waals surface area contributed by atoms with Crippen LogP contribution in [0.5, 0.6) is 0 Å². The van der Waals surface area contributed by atoms with Crippen LogP contribution in [0.15, 0.2) is 54.6 Å². The lowest BCUT2D eigenvalue weighted by Gasteiger charge is -2.24. The molecule has 0 spiro atoms. The largest absolute Gasteiger partial charge is 0.355 e. The second-order valence-corrected chi connectivity index (χ2v) is 6.42. The van der Waals surface area contributed by atoms with Gasteiger partial charge in [-0.3, -0.25) is 4.79 Å². The number of amides is 1. The van der Waals surface area contributed by atoms with E-state index < -0.39 is 0 Å². The smallest absolute Gasteiger partial charge is 0.220 e. The molecule has 1 unspecified atom stereocenters. The molecular weight excluding hydrogens is 310 g/mol. The number of nitrogens with zero attached hydrogens (tertiary/aromatic N) is 2. The molecule has 0 radical (unpaired) electrons. The molecule has 2 aromatic carbocycles. The van der Waals surface area contributed by atoms with Crippen molar-refractivity contribution in [1.82, 2.24) is 10.2 Å². The molecule has 0 aliphatic heterocycles. The number of nitrogens with one attached hydrogen (secondary N) is 1. The normalized spacial score (nSPS) is 11.8. The number of rotatable bonds is 8. The van der Waals surface area contributed by atoms with Crippen LogP contribution in [0.1, 0.15) is 23.1 Å². The third-order valence-corrected chi connectivity index (χ3v) is 4.30. The first-order valence-corrected chi connectivity index (χ1v) is 8.54. The molecule has 2 rings (SSSR count). The maximum Gasteiger partial charge on any atom is 0.220 e. The summed E-state index contributed by atoms with van der Waals surface area (Å²) in [4.78, 5) is 14.3. The van der Waals surface area contributed by atoms with E-state index in [-0.39, 0.29) is 11.9 Å². The van der Waals surface area contributed by atoms with E-state index in [0.29, 0.717) is 24.9 Å². The van der Waals surface area contributed by atoms with Crippen molar-refractivity contribution in [3.63, 3.8) is 0 Å². The van der Waals surface area contributed by atoms with Crippen molar-refractivity contribution in [2.24, 2.45) is 0 Å². The highest BCUT2D eigenvalue weighted by atomic mass is 16.1. The number of hydrogen-bond acceptors (Lipinski definition) is 3. The van der Waals surface area contributed by atoms with Gasteiger partial charge < -0.3 is 10.2 Å². The lowest BCUT2D eigenvalue weighted by atomic mass is 10.0. The third kappa shape index (κ3) is 6.40. The Hall–Kier alpha value is -2.64. The number of carbonyl (C=O) groups is 1. The van der Waals surface area contributed by atoms with E-state index in [4.69, 9.17) is 5.26 Å². The molecule has 0 aromatic heterocycles. The van der Waals surface area contributed by atoms with E-state index >= 15 is 0 Å². The predicted octanol–water partition coefficient (Wildman–Crippen LogP) is 2.78. The van der Waals surface area contributed by atoms with E-state index in [2.05, 4.69) is 28.4 Å². The summed E-state index contributed by atoms with van der Waals surface area (Å²) >= 11 is 0. The Kier molecular flexibility index (Phi) is 7.18. The van der Waals surface area contributed by atoms with Gasteiger partial charge in [-0.2, -0.15) is 5.26 Å². The second-order valence-electron chi connectivity index (χ2n) is 6.42. The minimum Gasteiger partial charge on any atom is -0.355 e. The Balaban J connectivity index is 1.79. The van der Waals surface area contributed by atoms with E-state index in [9.17, 15) is 4.79 Å². The van der Waals surface area contributed by atoms with Gasteiger partial charge >= 0.3 is 0 Å². The summed E-state index contributed by atoms with van der Waals surface area (Å²) in [5.41, 5.74) is 2.98. The Bertz CT molecular complexity index is 702. The van der Waals surface area contributed by atoms with Gasteiger partial charge in [0.15, 0.2) is 0 Å². The quantitative estimate of drug-likeness (QED) is 0.807. The number of nitriles is 1. The topological polar surface area (TPSA) is 56.1 Å². The van der Waals surface area contributed by atoms with E-state index in [1.165, 1.54) is 5.56 Å². The molecular formula is C21H25N3O. The fourth-order valence-corrected chi connectivity index (χ4v) is 2.65. The van der Waals surface area contributed by atoms with E-state index in [1.807, 2.05) is 44.4 Å². The molecule has 1 atom stereocenters. The first kappa shape index (κ1) is 18.7. The van der Waals surface area contributed by atoms with Gasteiger partial charge in [-0.05, 0) is 50.2 Å². The van der Waals surface area contributed by atoms with Crippen molar-refractivity contribution in [1.29, 1.82) is 5.26 Å². The van der Waals surface area contributed by atoms with Crippen molar-refractivity contribution < 1.29 is 4.79 Å².